The first kappa shape index (κ1) is 28.2. The van der Waals surface area contributed by atoms with Crippen molar-refractivity contribution < 1.29 is 29.3 Å². The van der Waals surface area contributed by atoms with E-state index in [4.69, 9.17) is 4.74 Å². The smallest absolute Gasteiger partial charge is 0.408 e. The molecule has 0 spiro atoms. The van der Waals surface area contributed by atoms with Gasteiger partial charge in [0.05, 0.1) is 6.61 Å². The molecular weight excluding hydrogens is 426 g/mol. The molecule has 3 atom stereocenters. The molecular formula is C24H39N3O6. The number of amides is 3. The largest absolute Gasteiger partial charge is 0.508 e. The predicted molar refractivity (Wildman–Crippen MR) is 126 cm³/mol. The predicted octanol–water partition coefficient (Wildman–Crippen LogP) is 2.86. The lowest BCUT2D eigenvalue weighted by atomic mass is 10.0. The van der Waals surface area contributed by atoms with Gasteiger partial charge >= 0.3 is 6.09 Å². The minimum atomic E-state index is -1.32. The van der Waals surface area contributed by atoms with Gasteiger partial charge in [0.2, 0.25) is 11.8 Å². The van der Waals surface area contributed by atoms with E-state index in [1.807, 2.05) is 20.8 Å². The fourth-order valence-corrected chi connectivity index (χ4v) is 3.44. The van der Waals surface area contributed by atoms with Gasteiger partial charge in [-0.15, -0.1) is 0 Å². The van der Waals surface area contributed by atoms with Crippen molar-refractivity contribution in [1.29, 1.82) is 0 Å². The molecule has 0 bridgehead atoms. The van der Waals surface area contributed by atoms with Gasteiger partial charge in [0.15, 0.2) is 0 Å². The van der Waals surface area contributed by atoms with E-state index in [0.29, 0.717) is 6.42 Å². The van der Waals surface area contributed by atoms with Crippen LogP contribution in [0.15, 0.2) is 24.3 Å². The number of phenolic OH excluding ortho intramolecular Hbond substituents is 1. The molecule has 4 N–H and O–H groups in total. The summed E-state index contributed by atoms with van der Waals surface area (Å²) in [4.78, 5) is 40.3. The van der Waals surface area contributed by atoms with Gasteiger partial charge in [0.25, 0.3) is 0 Å². The van der Waals surface area contributed by atoms with Gasteiger partial charge < -0.3 is 30.5 Å². The Hall–Kier alpha value is -2.81. The fourth-order valence-electron chi connectivity index (χ4n) is 3.44. The van der Waals surface area contributed by atoms with Crippen molar-refractivity contribution in [3.8, 4) is 5.75 Å². The van der Waals surface area contributed by atoms with Gasteiger partial charge in [-0.3, -0.25) is 9.59 Å². The molecule has 3 unspecified atom stereocenters. The Morgan fingerprint density at radius 2 is 1.73 bits per heavy atom. The van der Waals surface area contributed by atoms with Gasteiger partial charge in [-0.1, -0.05) is 38.5 Å². The van der Waals surface area contributed by atoms with Crippen LogP contribution in [-0.4, -0.2) is 63.9 Å². The number of carbonyl (C=O) groups is 3. The van der Waals surface area contributed by atoms with Crippen LogP contribution >= 0.6 is 0 Å². The van der Waals surface area contributed by atoms with Crippen LogP contribution in [-0.2, 0) is 14.3 Å². The summed E-state index contributed by atoms with van der Waals surface area (Å²) in [7, 11) is 0. The Balaban J connectivity index is 3.33. The number of nitrogens with zero attached hydrogens (tertiary/aromatic N) is 1. The summed E-state index contributed by atoms with van der Waals surface area (Å²) < 4.78 is 5.20. The highest BCUT2D eigenvalue weighted by atomic mass is 16.6. The number of nitrogens with one attached hydrogen (secondary N) is 2. The maximum atomic E-state index is 13.4. The number of benzene rings is 1. The molecule has 0 fully saturated rings. The number of aliphatic hydroxyl groups excluding tert-OH is 1. The molecule has 0 aliphatic rings. The van der Waals surface area contributed by atoms with Crippen LogP contribution in [0.25, 0.3) is 0 Å². The quantitative estimate of drug-likeness (QED) is 0.398. The third-order valence-corrected chi connectivity index (χ3v) is 4.82. The van der Waals surface area contributed by atoms with Gasteiger partial charge in [0, 0.05) is 18.2 Å². The zero-order valence-corrected chi connectivity index (χ0v) is 20.6. The summed E-state index contributed by atoms with van der Waals surface area (Å²) >= 11 is 0. The molecule has 0 saturated heterocycles. The van der Waals surface area contributed by atoms with E-state index in [-0.39, 0.29) is 23.9 Å². The van der Waals surface area contributed by atoms with E-state index in [1.165, 1.54) is 11.0 Å². The lowest BCUT2D eigenvalue weighted by molar-refractivity contribution is -0.143. The maximum absolute atomic E-state index is 13.4. The number of rotatable bonds is 11. The molecule has 33 heavy (non-hydrogen) atoms. The van der Waals surface area contributed by atoms with Crippen molar-refractivity contribution in [2.45, 2.75) is 84.5 Å². The van der Waals surface area contributed by atoms with Crippen molar-refractivity contribution in [2.24, 2.45) is 0 Å². The molecule has 186 valence electrons. The number of aliphatic hydroxyl groups is 1. The number of phenols is 1. The Labute approximate surface area is 196 Å². The van der Waals surface area contributed by atoms with E-state index in [1.54, 1.807) is 39.0 Å². The number of hydrogen-bond donors (Lipinski definition) is 4. The first-order valence-corrected chi connectivity index (χ1v) is 11.4. The Morgan fingerprint density at radius 1 is 1.09 bits per heavy atom. The van der Waals surface area contributed by atoms with Crippen molar-refractivity contribution in [1.82, 2.24) is 15.5 Å². The average Bonchev–Trinajstić information content (AvgIpc) is 2.71. The molecule has 0 saturated carbocycles. The molecule has 3 amide bonds. The second-order valence-electron chi connectivity index (χ2n) is 9.07. The third kappa shape index (κ3) is 8.92. The number of hydrogen-bond acceptors (Lipinski definition) is 6. The highest BCUT2D eigenvalue weighted by molar-refractivity contribution is 5.92. The molecule has 9 heteroatoms. The number of aromatic hydroxyl groups is 1. The minimum Gasteiger partial charge on any atom is -0.508 e. The SMILES string of the molecule is CCCC(C)NC(=O)C(c1ccccc1O)N(CCC)C(=O)C(CO)NC(=O)OC(C)(C)C. The van der Waals surface area contributed by atoms with Gasteiger partial charge in [0.1, 0.15) is 23.4 Å². The number of ether oxygens (including phenoxy) is 1. The Morgan fingerprint density at radius 3 is 2.24 bits per heavy atom. The van der Waals surface area contributed by atoms with Crippen molar-refractivity contribution in [3.05, 3.63) is 29.8 Å². The first-order valence-electron chi connectivity index (χ1n) is 11.4. The van der Waals surface area contributed by atoms with Crippen molar-refractivity contribution in [2.75, 3.05) is 13.2 Å². The summed E-state index contributed by atoms with van der Waals surface area (Å²) in [5, 5.41) is 25.6. The van der Waals surface area contributed by atoms with Crippen molar-refractivity contribution in [3.63, 3.8) is 0 Å². The normalized spacial score (nSPS) is 14.0. The molecule has 1 aromatic carbocycles. The Bertz CT molecular complexity index is 793. The summed E-state index contributed by atoms with van der Waals surface area (Å²) in [5.74, 6) is -1.24. The van der Waals surface area contributed by atoms with Crippen LogP contribution in [0.5, 0.6) is 5.75 Å². The molecule has 0 aliphatic heterocycles. The third-order valence-electron chi connectivity index (χ3n) is 4.82. The lowest BCUT2D eigenvalue weighted by Crippen LogP contribution is -2.55. The van der Waals surface area contributed by atoms with E-state index in [0.717, 1.165) is 12.8 Å². The van der Waals surface area contributed by atoms with Crippen molar-refractivity contribution >= 4 is 17.9 Å². The standard InChI is InChI=1S/C24H39N3O6/c1-7-11-16(3)25-21(30)20(17-12-9-10-13-19(17)29)27(14-8-2)22(31)18(15-28)26-23(32)33-24(4,5)6/h9-10,12-13,16,18,20,28-29H,7-8,11,14-15H2,1-6H3,(H,25,30)(H,26,32). The molecule has 0 aromatic heterocycles. The molecule has 0 heterocycles. The topological polar surface area (TPSA) is 128 Å². The van der Waals surface area contributed by atoms with Gasteiger partial charge in [-0.05, 0) is 46.6 Å². The van der Waals surface area contributed by atoms with Gasteiger partial charge in [-0.25, -0.2) is 4.79 Å². The van der Waals surface area contributed by atoms with Crippen LogP contribution in [0.1, 0.15) is 72.4 Å². The van der Waals surface area contributed by atoms with Crippen LogP contribution in [0.3, 0.4) is 0 Å². The molecule has 1 rings (SSSR count). The van der Waals surface area contributed by atoms with E-state index in [2.05, 4.69) is 10.6 Å². The number of carbonyl (C=O) groups excluding carboxylic acids is 3. The minimum absolute atomic E-state index is 0.129. The highest BCUT2D eigenvalue weighted by Gasteiger charge is 2.37. The highest BCUT2D eigenvalue weighted by Crippen LogP contribution is 2.30. The first-order chi connectivity index (χ1) is 15.4. The van der Waals surface area contributed by atoms with E-state index >= 15 is 0 Å². The molecule has 0 aliphatic carbocycles. The second-order valence-corrected chi connectivity index (χ2v) is 9.07. The lowest BCUT2D eigenvalue weighted by Gasteiger charge is -2.34. The van der Waals surface area contributed by atoms with Crippen LogP contribution < -0.4 is 10.6 Å². The summed E-state index contributed by atoms with van der Waals surface area (Å²) in [6.45, 7) is 10.3. The number of alkyl carbamates (subject to hydrolysis) is 1. The summed E-state index contributed by atoms with van der Waals surface area (Å²) in [5.41, 5.74) is -0.529. The zero-order valence-electron chi connectivity index (χ0n) is 20.6. The molecule has 1 aromatic rings. The summed E-state index contributed by atoms with van der Waals surface area (Å²) in [6.07, 6.45) is 1.28. The van der Waals surface area contributed by atoms with Gasteiger partial charge in [-0.2, -0.15) is 0 Å². The number of para-hydroxylation sites is 1. The van der Waals surface area contributed by atoms with Crippen LogP contribution in [0, 0.1) is 0 Å². The zero-order chi connectivity index (χ0) is 25.2. The van der Waals surface area contributed by atoms with E-state index < -0.39 is 42.2 Å². The molecule has 9 nitrogen and oxygen atoms in total. The van der Waals surface area contributed by atoms with Crippen LogP contribution in [0.2, 0.25) is 0 Å². The monoisotopic (exact) mass is 465 g/mol. The average molecular weight is 466 g/mol. The van der Waals surface area contributed by atoms with E-state index in [9.17, 15) is 24.6 Å². The van der Waals surface area contributed by atoms with Crippen LogP contribution in [0.4, 0.5) is 4.79 Å². The Kier molecular flexibility index (Phi) is 11.1. The maximum Gasteiger partial charge on any atom is 0.408 e. The molecule has 0 radical (unpaired) electrons. The fraction of sp³-hybridized carbons (Fsp3) is 0.625. The summed E-state index contributed by atoms with van der Waals surface area (Å²) in [6, 6.07) is 3.72. The second kappa shape index (κ2) is 13.0.